The van der Waals surface area contributed by atoms with Gasteiger partial charge >= 0.3 is 0 Å². The second-order valence-corrected chi connectivity index (χ2v) is 7.59. The van der Waals surface area contributed by atoms with Crippen LogP contribution in [0.5, 0.6) is 11.5 Å². The molecule has 1 aliphatic heterocycles. The van der Waals surface area contributed by atoms with E-state index in [0.29, 0.717) is 11.4 Å². The highest BCUT2D eigenvalue weighted by Crippen LogP contribution is 2.39. The van der Waals surface area contributed by atoms with Crippen molar-refractivity contribution in [2.45, 2.75) is 32.5 Å². The maximum atomic E-state index is 5.77. The van der Waals surface area contributed by atoms with Crippen LogP contribution in [0.1, 0.15) is 30.3 Å². The monoisotopic (exact) mass is 410 g/mol. The zero-order valence-electron chi connectivity index (χ0n) is 17.0. The molecule has 152 valence electrons. The van der Waals surface area contributed by atoms with E-state index in [2.05, 4.69) is 23.1 Å². The Balaban J connectivity index is 1.65. The van der Waals surface area contributed by atoms with Gasteiger partial charge in [0, 0.05) is 23.8 Å². The van der Waals surface area contributed by atoms with Gasteiger partial charge in [0.15, 0.2) is 0 Å². The fourth-order valence-electron chi connectivity index (χ4n) is 4.10. The van der Waals surface area contributed by atoms with E-state index in [1.165, 1.54) is 0 Å². The molecule has 1 fully saturated rings. The summed E-state index contributed by atoms with van der Waals surface area (Å²) in [5.41, 5.74) is 2.18. The molecule has 6 nitrogen and oxygen atoms in total. The number of hydrogen-bond donors (Lipinski definition) is 0. The summed E-state index contributed by atoms with van der Waals surface area (Å²) in [6.07, 6.45) is 2.19. The van der Waals surface area contributed by atoms with Gasteiger partial charge in [-0.05, 0) is 62.3 Å². The molecular weight excluding hydrogens is 384 g/mol. The Hall–Kier alpha value is -2.64. The van der Waals surface area contributed by atoms with E-state index in [1.54, 1.807) is 14.2 Å². The van der Waals surface area contributed by atoms with Crippen LogP contribution in [0.2, 0.25) is 0 Å². The summed E-state index contributed by atoms with van der Waals surface area (Å²) in [5, 5.41) is 4.73. The molecule has 0 radical (unpaired) electrons. The van der Waals surface area contributed by atoms with Crippen LogP contribution in [0.15, 0.2) is 48.5 Å². The first-order valence-electron chi connectivity index (χ1n) is 9.80. The first-order chi connectivity index (χ1) is 14.1. The molecule has 1 saturated heterocycles. The Bertz CT molecular complexity index is 1040. The van der Waals surface area contributed by atoms with Gasteiger partial charge < -0.3 is 9.47 Å². The summed E-state index contributed by atoms with van der Waals surface area (Å²) < 4.78 is 15.7. The molecule has 1 aliphatic rings. The highest BCUT2D eigenvalue weighted by molar-refractivity contribution is 7.71. The molecule has 4 rings (SSSR count). The molecule has 0 bridgehead atoms. The Morgan fingerprint density at radius 2 is 1.90 bits per heavy atom. The topological polar surface area (TPSA) is 44.5 Å². The number of aromatic nitrogens is 3. The van der Waals surface area contributed by atoms with Gasteiger partial charge in [-0.25, -0.2) is 4.68 Å². The Morgan fingerprint density at radius 1 is 1.10 bits per heavy atom. The minimum Gasteiger partial charge on any atom is -0.497 e. The Morgan fingerprint density at radius 3 is 2.62 bits per heavy atom. The molecule has 2 heterocycles. The van der Waals surface area contributed by atoms with Gasteiger partial charge in [0.1, 0.15) is 17.3 Å². The van der Waals surface area contributed by atoms with Crippen molar-refractivity contribution in [3.63, 3.8) is 0 Å². The predicted molar refractivity (Wildman–Crippen MR) is 115 cm³/mol. The van der Waals surface area contributed by atoms with Gasteiger partial charge in [-0.1, -0.05) is 18.2 Å². The molecule has 0 saturated carbocycles. The van der Waals surface area contributed by atoms with Crippen molar-refractivity contribution in [3.8, 4) is 17.2 Å². The number of likely N-dealkylation sites (tertiary alicyclic amines) is 1. The number of nitrogens with zero attached hydrogens (tertiary/aromatic N) is 4. The molecule has 0 amide bonds. The summed E-state index contributed by atoms with van der Waals surface area (Å²) in [6.45, 7) is 3.63. The largest absolute Gasteiger partial charge is 0.497 e. The quantitative estimate of drug-likeness (QED) is 0.559. The van der Waals surface area contributed by atoms with E-state index in [4.69, 9.17) is 26.8 Å². The molecule has 29 heavy (non-hydrogen) atoms. The molecule has 0 N–H and O–H groups in total. The van der Waals surface area contributed by atoms with E-state index < -0.39 is 0 Å². The van der Waals surface area contributed by atoms with E-state index in [1.807, 2.05) is 46.5 Å². The average molecular weight is 411 g/mol. The number of aryl methyl sites for hydroxylation is 1. The predicted octanol–water partition coefficient (Wildman–Crippen LogP) is 4.52. The normalized spacial score (nSPS) is 16.9. The zero-order chi connectivity index (χ0) is 20.4. The van der Waals surface area contributed by atoms with Crippen molar-refractivity contribution in [1.29, 1.82) is 0 Å². The number of para-hydroxylation sites is 1. The summed E-state index contributed by atoms with van der Waals surface area (Å²) in [7, 11) is 3.40. The van der Waals surface area contributed by atoms with Gasteiger partial charge in [0.25, 0.3) is 0 Å². The second-order valence-electron chi connectivity index (χ2n) is 7.22. The standard InChI is InChI=1S/C22H26N4O2S/c1-16-23-25(22(29)26(16)17-8-5-4-6-9-17)15-24-13-7-10-20(24)19-14-18(27-2)11-12-21(19)28-3/h4-6,8-9,11-12,14,20H,7,10,13,15H2,1-3H3/t20-/m0/s1. The molecule has 7 heteroatoms. The van der Waals surface area contributed by atoms with Gasteiger partial charge in [0.2, 0.25) is 4.77 Å². The molecule has 0 aliphatic carbocycles. The van der Waals surface area contributed by atoms with Crippen molar-refractivity contribution in [2.75, 3.05) is 20.8 Å². The molecule has 3 aromatic rings. The van der Waals surface area contributed by atoms with E-state index >= 15 is 0 Å². The molecule has 1 atom stereocenters. The SMILES string of the molecule is COc1ccc(OC)c([C@@H]2CCCN2Cn2nc(C)n(-c3ccccc3)c2=S)c1. The van der Waals surface area contributed by atoms with Crippen LogP contribution in [-0.4, -0.2) is 40.0 Å². The lowest BCUT2D eigenvalue weighted by Gasteiger charge is -2.26. The first-order valence-corrected chi connectivity index (χ1v) is 10.2. The van der Waals surface area contributed by atoms with Crippen LogP contribution < -0.4 is 9.47 Å². The molecule has 0 spiro atoms. The van der Waals surface area contributed by atoms with Crippen molar-refractivity contribution >= 4 is 12.2 Å². The number of methoxy groups -OCH3 is 2. The van der Waals surface area contributed by atoms with E-state index in [-0.39, 0.29) is 6.04 Å². The highest BCUT2D eigenvalue weighted by Gasteiger charge is 2.29. The van der Waals surface area contributed by atoms with Gasteiger partial charge in [-0.2, -0.15) is 5.10 Å². The van der Waals surface area contributed by atoms with Crippen molar-refractivity contribution < 1.29 is 9.47 Å². The van der Waals surface area contributed by atoms with E-state index in [9.17, 15) is 0 Å². The second kappa shape index (κ2) is 8.39. The fourth-order valence-corrected chi connectivity index (χ4v) is 4.44. The minimum atomic E-state index is 0.240. The summed E-state index contributed by atoms with van der Waals surface area (Å²) >= 11 is 5.77. The third kappa shape index (κ3) is 3.80. The van der Waals surface area contributed by atoms with Crippen LogP contribution in [0.3, 0.4) is 0 Å². The van der Waals surface area contributed by atoms with Gasteiger partial charge in [0.05, 0.1) is 20.9 Å². The summed E-state index contributed by atoms with van der Waals surface area (Å²) in [6, 6.07) is 16.4. The lowest BCUT2D eigenvalue weighted by Crippen LogP contribution is -2.27. The third-order valence-corrected chi connectivity index (χ3v) is 5.88. The average Bonchev–Trinajstić information content (AvgIpc) is 3.32. The number of hydrogen-bond acceptors (Lipinski definition) is 5. The molecule has 1 aromatic heterocycles. The minimum absolute atomic E-state index is 0.240. The number of ether oxygens (including phenoxy) is 2. The van der Waals surface area contributed by atoms with Crippen molar-refractivity contribution in [1.82, 2.24) is 19.2 Å². The summed E-state index contributed by atoms with van der Waals surface area (Å²) in [4.78, 5) is 2.41. The lowest BCUT2D eigenvalue weighted by molar-refractivity contribution is 0.186. The summed E-state index contributed by atoms with van der Waals surface area (Å²) in [5.74, 6) is 2.61. The van der Waals surface area contributed by atoms with Crippen LogP contribution in [-0.2, 0) is 6.67 Å². The number of rotatable bonds is 6. The highest BCUT2D eigenvalue weighted by atomic mass is 32.1. The van der Waals surface area contributed by atoms with Gasteiger partial charge in [-0.15, -0.1) is 0 Å². The van der Waals surface area contributed by atoms with Crippen LogP contribution in [0.4, 0.5) is 0 Å². The van der Waals surface area contributed by atoms with Gasteiger partial charge in [-0.3, -0.25) is 9.47 Å². The Kier molecular flexibility index (Phi) is 5.69. The van der Waals surface area contributed by atoms with Crippen LogP contribution in [0, 0.1) is 11.7 Å². The van der Waals surface area contributed by atoms with Crippen LogP contribution in [0.25, 0.3) is 5.69 Å². The molecule has 2 aromatic carbocycles. The first kappa shape index (κ1) is 19.7. The Labute approximate surface area is 176 Å². The third-order valence-electron chi connectivity index (χ3n) is 5.49. The lowest BCUT2D eigenvalue weighted by atomic mass is 10.0. The van der Waals surface area contributed by atoms with Crippen molar-refractivity contribution in [3.05, 3.63) is 64.7 Å². The smallest absolute Gasteiger partial charge is 0.203 e. The molecule has 0 unspecified atom stereocenters. The van der Waals surface area contributed by atoms with E-state index in [0.717, 1.165) is 48.0 Å². The van der Waals surface area contributed by atoms with Crippen LogP contribution >= 0.6 is 12.2 Å². The number of benzene rings is 2. The molecular formula is C22H26N4O2S. The fraction of sp³-hybridized carbons (Fsp3) is 0.364. The van der Waals surface area contributed by atoms with Crippen molar-refractivity contribution in [2.24, 2.45) is 0 Å². The maximum Gasteiger partial charge on any atom is 0.203 e. The zero-order valence-corrected chi connectivity index (χ0v) is 17.9. The maximum absolute atomic E-state index is 5.77.